The van der Waals surface area contributed by atoms with Crippen molar-refractivity contribution in [3.63, 3.8) is 0 Å². The molecule has 0 fully saturated rings. The summed E-state index contributed by atoms with van der Waals surface area (Å²) in [6.45, 7) is 6.55. The second kappa shape index (κ2) is 12.3. The molecule has 0 saturated heterocycles. The summed E-state index contributed by atoms with van der Waals surface area (Å²) in [6.07, 6.45) is 3.01. The molecule has 25 heavy (non-hydrogen) atoms. The second-order valence-electron chi connectivity index (χ2n) is 6.02. The van der Waals surface area contributed by atoms with Crippen LogP contribution in [-0.2, 0) is 6.54 Å². The van der Waals surface area contributed by atoms with Gasteiger partial charge < -0.3 is 21.1 Å². The zero-order valence-corrected chi connectivity index (χ0v) is 15.6. The monoisotopic (exact) mass is 348 g/mol. The molecule has 140 valence electrons. The Kier molecular flexibility index (Phi) is 10.3. The Balaban J connectivity index is 2.63. The number of carbonyl (C=O) groups excluding carboxylic acids is 1. The van der Waals surface area contributed by atoms with Crippen LogP contribution in [0.2, 0.25) is 0 Å². The van der Waals surface area contributed by atoms with E-state index in [4.69, 9.17) is 5.11 Å². The van der Waals surface area contributed by atoms with Crippen molar-refractivity contribution in [1.29, 1.82) is 0 Å². The molecule has 1 rings (SSSR count). The van der Waals surface area contributed by atoms with Crippen molar-refractivity contribution in [2.24, 2.45) is 10.9 Å². The number of benzene rings is 1. The molecule has 0 saturated carbocycles. The Hall–Kier alpha value is -2.08. The Bertz CT molecular complexity index is 523. The van der Waals surface area contributed by atoms with Crippen LogP contribution < -0.4 is 16.0 Å². The van der Waals surface area contributed by atoms with Gasteiger partial charge in [-0.05, 0) is 43.4 Å². The molecule has 1 aromatic carbocycles. The third kappa shape index (κ3) is 8.03. The van der Waals surface area contributed by atoms with Gasteiger partial charge in [-0.3, -0.25) is 4.79 Å². The number of aliphatic imine (C=N–C) groups is 1. The topological polar surface area (TPSA) is 85.8 Å². The first kappa shape index (κ1) is 21.0. The van der Waals surface area contributed by atoms with Crippen molar-refractivity contribution in [1.82, 2.24) is 16.0 Å². The molecule has 1 amide bonds. The lowest BCUT2D eigenvalue weighted by Gasteiger charge is -2.18. The van der Waals surface area contributed by atoms with E-state index in [1.54, 1.807) is 7.05 Å². The fourth-order valence-electron chi connectivity index (χ4n) is 2.60. The van der Waals surface area contributed by atoms with Gasteiger partial charge in [0.1, 0.15) is 0 Å². The number of nitrogens with one attached hydrogen (secondary N) is 3. The van der Waals surface area contributed by atoms with E-state index in [2.05, 4.69) is 27.9 Å². The Morgan fingerprint density at radius 1 is 1.16 bits per heavy atom. The molecular weight excluding hydrogens is 316 g/mol. The van der Waals surface area contributed by atoms with E-state index in [1.165, 1.54) is 0 Å². The molecule has 0 aliphatic carbocycles. The van der Waals surface area contributed by atoms with Gasteiger partial charge in [-0.15, -0.1) is 0 Å². The van der Waals surface area contributed by atoms with Gasteiger partial charge in [-0.25, -0.2) is 4.99 Å². The summed E-state index contributed by atoms with van der Waals surface area (Å²) in [6, 6.07) is 7.46. The van der Waals surface area contributed by atoms with E-state index in [-0.39, 0.29) is 12.5 Å². The Labute approximate surface area is 151 Å². The summed E-state index contributed by atoms with van der Waals surface area (Å²) in [5, 5.41) is 18.4. The molecule has 4 N–H and O–H groups in total. The zero-order valence-electron chi connectivity index (χ0n) is 15.6. The molecule has 6 heteroatoms. The van der Waals surface area contributed by atoms with Crippen LogP contribution in [0.3, 0.4) is 0 Å². The molecule has 0 aliphatic rings. The molecular formula is C19H32N4O2. The highest BCUT2D eigenvalue weighted by atomic mass is 16.3. The lowest BCUT2D eigenvalue weighted by Crippen LogP contribution is -2.40. The maximum absolute atomic E-state index is 11.6. The lowest BCUT2D eigenvalue weighted by molar-refractivity contribution is 0.0963. The highest BCUT2D eigenvalue weighted by Gasteiger charge is 2.08. The fourth-order valence-corrected chi connectivity index (χ4v) is 2.60. The third-order valence-electron chi connectivity index (χ3n) is 4.00. The number of carbonyl (C=O) groups is 1. The largest absolute Gasteiger partial charge is 0.396 e. The summed E-state index contributed by atoms with van der Waals surface area (Å²) in [7, 11) is 1.62. The van der Waals surface area contributed by atoms with E-state index in [1.807, 2.05) is 31.2 Å². The van der Waals surface area contributed by atoms with Crippen LogP contribution in [0.1, 0.15) is 49.0 Å². The molecule has 0 bridgehead atoms. The van der Waals surface area contributed by atoms with Crippen LogP contribution in [-0.4, -0.2) is 43.7 Å². The van der Waals surface area contributed by atoms with Gasteiger partial charge in [0.25, 0.3) is 5.91 Å². The van der Waals surface area contributed by atoms with Gasteiger partial charge in [0, 0.05) is 32.3 Å². The number of hydrogen-bond donors (Lipinski definition) is 4. The molecule has 6 nitrogen and oxygen atoms in total. The predicted molar refractivity (Wildman–Crippen MR) is 103 cm³/mol. The van der Waals surface area contributed by atoms with Crippen molar-refractivity contribution < 1.29 is 9.90 Å². The van der Waals surface area contributed by atoms with Crippen molar-refractivity contribution in [2.75, 3.05) is 26.7 Å². The molecule has 0 heterocycles. The predicted octanol–water partition coefficient (Wildman–Crippen LogP) is 1.90. The van der Waals surface area contributed by atoms with Crippen LogP contribution in [0.4, 0.5) is 0 Å². The summed E-state index contributed by atoms with van der Waals surface area (Å²) in [5.74, 6) is 1.14. The fraction of sp³-hybridized carbons (Fsp3) is 0.579. The van der Waals surface area contributed by atoms with Crippen LogP contribution >= 0.6 is 0 Å². The summed E-state index contributed by atoms with van der Waals surface area (Å²) in [4.78, 5) is 16.2. The zero-order chi connectivity index (χ0) is 18.5. The van der Waals surface area contributed by atoms with Gasteiger partial charge in [-0.2, -0.15) is 0 Å². The van der Waals surface area contributed by atoms with Crippen molar-refractivity contribution >= 4 is 11.9 Å². The Morgan fingerprint density at radius 3 is 2.44 bits per heavy atom. The number of aliphatic hydroxyl groups excluding tert-OH is 1. The standard InChI is InChI=1S/C19H32N4O2/c1-4-6-15(11-12-24)13-22-19(21-5-2)23-14-16-7-9-17(10-8-16)18(25)20-3/h7-10,15,24H,4-6,11-14H2,1-3H3,(H,20,25)(H2,21,22,23). The SMILES string of the molecule is CCCC(CCO)CNC(=NCc1ccc(C(=O)NC)cc1)NCC. The smallest absolute Gasteiger partial charge is 0.251 e. The molecule has 0 radical (unpaired) electrons. The number of guanidine groups is 1. The number of aliphatic hydroxyl groups is 1. The van der Waals surface area contributed by atoms with Crippen molar-refractivity contribution in [3.05, 3.63) is 35.4 Å². The highest BCUT2D eigenvalue weighted by Crippen LogP contribution is 2.09. The first-order valence-corrected chi connectivity index (χ1v) is 9.08. The average molecular weight is 348 g/mol. The minimum absolute atomic E-state index is 0.0871. The average Bonchev–Trinajstić information content (AvgIpc) is 2.64. The summed E-state index contributed by atoms with van der Waals surface area (Å²) < 4.78 is 0. The van der Waals surface area contributed by atoms with E-state index < -0.39 is 0 Å². The quantitative estimate of drug-likeness (QED) is 0.384. The normalized spacial score (nSPS) is 12.6. The maximum Gasteiger partial charge on any atom is 0.251 e. The minimum atomic E-state index is -0.0871. The number of nitrogens with zero attached hydrogens (tertiary/aromatic N) is 1. The molecule has 0 aromatic heterocycles. The van der Waals surface area contributed by atoms with Crippen LogP contribution in [0.25, 0.3) is 0 Å². The van der Waals surface area contributed by atoms with E-state index in [0.29, 0.717) is 18.0 Å². The number of amides is 1. The molecule has 1 atom stereocenters. The second-order valence-corrected chi connectivity index (χ2v) is 6.02. The summed E-state index contributed by atoms with van der Waals surface area (Å²) in [5.41, 5.74) is 1.69. The lowest BCUT2D eigenvalue weighted by atomic mass is 10.0. The summed E-state index contributed by atoms with van der Waals surface area (Å²) >= 11 is 0. The van der Waals surface area contributed by atoms with Crippen LogP contribution in [0.15, 0.2) is 29.3 Å². The highest BCUT2D eigenvalue weighted by molar-refractivity contribution is 5.93. The molecule has 1 unspecified atom stereocenters. The van der Waals surface area contributed by atoms with E-state index in [9.17, 15) is 4.79 Å². The molecule has 1 aromatic rings. The van der Waals surface area contributed by atoms with Crippen LogP contribution in [0, 0.1) is 5.92 Å². The molecule has 0 aliphatic heterocycles. The number of hydrogen-bond acceptors (Lipinski definition) is 3. The van der Waals surface area contributed by atoms with Gasteiger partial charge in [0.2, 0.25) is 0 Å². The third-order valence-corrected chi connectivity index (χ3v) is 4.00. The first-order chi connectivity index (χ1) is 12.1. The maximum atomic E-state index is 11.6. The first-order valence-electron chi connectivity index (χ1n) is 9.08. The van der Waals surface area contributed by atoms with E-state index >= 15 is 0 Å². The van der Waals surface area contributed by atoms with Gasteiger partial charge in [0.05, 0.1) is 6.54 Å². The number of rotatable bonds is 10. The van der Waals surface area contributed by atoms with Crippen molar-refractivity contribution in [3.8, 4) is 0 Å². The van der Waals surface area contributed by atoms with Gasteiger partial charge in [-0.1, -0.05) is 25.5 Å². The van der Waals surface area contributed by atoms with Gasteiger partial charge >= 0.3 is 0 Å². The minimum Gasteiger partial charge on any atom is -0.396 e. The van der Waals surface area contributed by atoms with Crippen LogP contribution in [0.5, 0.6) is 0 Å². The van der Waals surface area contributed by atoms with Gasteiger partial charge in [0.15, 0.2) is 5.96 Å². The van der Waals surface area contributed by atoms with E-state index in [0.717, 1.165) is 43.9 Å². The van der Waals surface area contributed by atoms with Crippen molar-refractivity contribution in [2.45, 2.75) is 39.7 Å². The molecule has 0 spiro atoms. The Morgan fingerprint density at radius 2 is 1.88 bits per heavy atom.